The molecule has 1 atom stereocenters. The average molecular weight is 347 g/mol. The molecule has 1 aliphatic heterocycles. The van der Waals surface area contributed by atoms with Crippen LogP contribution >= 0.6 is 34.9 Å². The van der Waals surface area contributed by atoms with Crippen LogP contribution < -0.4 is 16.4 Å². The number of nitrogens with one attached hydrogen (secondary N) is 2. The Kier molecular flexibility index (Phi) is 5.67. The van der Waals surface area contributed by atoms with Gasteiger partial charge < -0.3 is 16.4 Å². The van der Waals surface area contributed by atoms with Gasteiger partial charge in [-0.1, -0.05) is 11.3 Å². The highest BCUT2D eigenvalue weighted by Gasteiger charge is 2.21. The quantitative estimate of drug-likeness (QED) is 0.777. The van der Waals surface area contributed by atoms with E-state index in [9.17, 15) is 4.79 Å². The maximum Gasteiger partial charge on any atom is 0.265 e. The fourth-order valence-electron chi connectivity index (χ4n) is 1.81. The Balaban J connectivity index is 1.92. The number of amides is 1. The van der Waals surface area contributed by atoms with Gasteiger partial charge in [-0.2, -0.15) is 23.5 Å². The Morgan fingerprint density at radius 2 is 2.19 bits per heavy atom. The summed E-state index contributed by atoms with van der Waals surface area (Å²) in [5.41, 5.74) is 5.76. The van der Waals surface area contributed by atoms with E-state index in [0.717, 1.165) is 11.5 Å². The Labute approximate surface area is 138 Å². The zero-order chi connectivity index (χ0) is 15.5. The third kappa shape index (κ3) is 5.27. The predicted molar refractivity (Wildman–Crippen MR) is 95.8 cm³/mol. The van der Waals surface area contributed by atoms with Gasteiger partial charge in [0.2, 0.25) is 0 Å². The van der Waals surface area contributed by atoms with Crippen molar-refractivity contribution in [3.63, 3.8) is 0 Å². The first-order chi connectivity index (χ1) is 9.85. The molecule has 1 unspecified atom stereocenters. The molecule has 0 aliphatic carbocycles. The first kappa shape index (κ1) is 16.8. The summed E-state index contributed by atoms with van der Waals surface area (Å²) < 4.78 is 0. The average Bonchev–Trinajstić information content (AvgIpc) is 2.76. The number of nitrogens with two attached hydrogens (primary N) is 1. The molecule has 1 amide bonds. The molecule has 2 heterocycles. The van der Waals surface area contributed by atoms with Gasteiger partial charge >= 0.3 is 0 Å². The van der Waals surface area contributed by atoms with E-state index in [1.165, 1.54) is 17.1 Å². The minimum Gasteiger partial charge on any atom is -0.382 e. The Bertz CT molecular complexity index is 492. The maximum atomic E-state index is 12.2. The van der Waals surface area contributed by atoms with E-state index in [1.807, 2.05) is 44.3 Å². The maximum absolute atomic E-state index is 12.2. The van der Waals surface area contributed by atoms with E-state index in [-0.39, 0.29) is 11.4 Å². The highest BCUT2D eigenvalue weighted by Crippen LogP contribution is 2.27. The van der Waals surface area contributed by atoms with Gasteiger partial charge in [0.1, 0.15) is 10.7 Å². The minimum atomic E-state index is -0.122. The lowest BCUT2D eigenvalue weighted by atomic mass is 10.1. The summed E-state index contributed by atoms with van der Waals surface area (Å²) in [5, 5.41) is 7.40. The topological polar surface area (TPSA) is 80.0 Å². The molecule has 0 bridgehead atoms. The van der Waals surface area contributed by atoms with E-state index in [0.29, 0.717) is 27.6 Å². The lowest BCUT2D eigenvalue weighted by molar-refractivity contribution is 0.0959. The second-order valence-corrected chi connectivity index (χ2v) is 9.44. The largest absolute Gasteiger partial charge is 0.382 e. The fraction of sp³-hybridized carbons (Fsp3) is 0.692. The fourth-order valence-corrected chi connectivity index (χ4v) is 5.43. The van der Waals surface area contributed by atoms with Crippen molar-refractivity contribution in [2.24, 2.45) is 0 Å². The van der Waals surface area contributed by atoms with Crippen LogP contribution in [0.3, 0.4) is 0 Å². The summed E-state index contributed by atoms with van der Waals surface area (Å²) >= 11 is 5.18. The zero-order valence-electron chi connectivity index (χ0n) is 12.6. The van der Waals surface area contributed by atoms with Crippen LogP contribution in [0, 0.1) is 0 Å². The number of nitrogen functional groups attached to an aromatic ring is 1. The number of rotatable bonds is 4. The summed E-state index contributed by atoms with van der Waals surface area (Å²) in [7, 11) is 0. The third-order valence-electron chi connectivity index (χ3n) is 2.72. The van der Waals surface area contributed by atoms with Crippen molar-refractivity contribution < 1.29 is 4.79 Å². The molecule has 0 spiro atoms. The van der Waals surface area contributed by atoms with Crippen LogP contribution in [-0.2, 0) is 0 Å². The molecule has 8 heteroatoms. The molecule has 1 saturated heterocycles. The van der Waals surface area contributed by atoms with Crippen LogP contribution in [0.2, 0.25) is 0 Å². The SMILES string of the molecule is CC(C)(C)Nc1nc(N)c(C(=O)NCC2CSCCS2)s1. The molecule has 0 aromatic carbocycles. The van der Waals surface area contributed by atoms with E-state index in [2.05, 4.69) is 15.6 Å². The monoisotopic (exact) mass is 346 g/mol. The summed E-state index contributed by atoms with van der Waals surface area (Å²) in [5.74, 6) is 3.64. The van der Waals surface area contributed by atoms with Crippen LogP contribution in [0.4, 0.5) is 10.9 Å². The molecule has 2 rings (SSSR count). The van der Waals surface area contributed by atoms with Crippen LogP contribution in [0.25, 0.3) is 0 Å². The van der Waals surface area contributed by atoms with Crippen molar-refractivity contribution in [3.8, 4) is 0 Å². The molecule has 4 N–H and O–H groups in total. The minimum absolute atomic E-state index is 0.103. The van der Waals surface area contributed by atoms with Crippen molar-refractivity contribution in [2.45, 2.75) is 31.6 Å². The first-order valence-corrected chi connectivity index (χ1v) is 9.89. The number of carbonyl (C=O) groups is 1. The summed E-state index contributed by atoms with van der Waals surface area (Å²) in [4.78, 5) is 16.9. The number of thioether (sulfide) groups is 2. The van der Waals surface area contributed by atoms with Crippen molar-refractivity contribution in [2.75, 3.05) is 34.9 Å². The van der Waals surface area contributed by atoms with Crippen LogP contribution in [-0.4, -0.2) is 45.5 Å². The second kappa shape index (κ2) is 7.11. The van der Waals surface area contributed by atoms with Crippen LogP contribution in [0.5, 0.6) is 0 Å². The van der Waals surface area contributed by atoms with Gasteiger partial charge in [0.05, 0.1) is 0 Å². The van der Waals surface area contributed by atoms with Crippen molar-refractivity contribution in [1.29, 1.82) is 0 Å². The van der Waals surface area contributed by atoms with Crippen molar-refractivity contribution in [3.05, 3.63) is 4.88 Å². The van der Waals surface area contributed by atoms with Gasteiger partial charge in [0.15, 0.2) is 5.13 Å². The number of hydrogen-bond acceptors (Lipinski definition) is 7. The van der Waals surface area contributed by atoms with Gasteiger partial charge in [0.25, 0.3) is 5.91 Å². The van der Waals surface area contributed by atoms with E-state index >= 15 is 0 Å². The van der Waals surface area contributed by atoms with E-state index in [4.69, 9.17) is 5.73 Å². The molecule has 21 heavy (non-hydrogen) atoms. The predicted octanol–water partition coefficient (Wildman–Crippen LogP) is 2.51. The van der Waals surface area contributed by atoms with Crippen molar-refractivity contribution >= 4 is 51.7 Å². The summed E-state index contributed by atoms with van der Waals surface area (Å²) in [6.45, 7) is 6.82. The van der Waals surface area contributed by atoms with Crippen LogP contribution in [0.1, 0.15) is 30.4 Å². The van der Waals surface area contributed by atoms with Gasteiger partial charge in [-0.3, -0.25) is 4.79 Å². The smallest absolute Gasteiger partial charge is 0.265 e. The number of hydrogen-bond donors (Lipinski definition) is 3. The molecule has 5 nitrogen and oxygen atoms in total. The van der Waals surface area contributed by atoms with Gasteiger partial charge in [-0.05, 0) is 20.8 Å². The Morgan fingerprint density at radius 1 is 1.43 bits per heavy atom. The second-order valence-electron chi connectivity index (χ2n) is 5.89. The van der Waals surface area contributed by atoms with Gasteiger partial charge in [-0.15, -0.1) is 0 Å². The van der Waals surface area contributed by atoms with Gasteiger partial charge in [0, 0.05) is 34.6 Å². The number of thiazole rings is 1. The highest BCUT2D eigenvalue weighted by atomic mass is 32.2. The molecular weight excluding hydrogens is 324 g/mol. The summed E-state index contributed by atoms with van der Waals surface area (Å²) in [6, 6.07) is 0. The standard InChI is InChI=1S/C13H22N4OS3/c1-13(2,3)17-12-16-10(14)9(21-12)11(18)15-6-8-7-19-4-5-20-8/h8H,4-7,14H2,1-3H3,(H,15,18)(H,16,17). The molecule has 1 aromatic heterocycles. The van der Waals surface area contributed by atoms with Crippen molar-refractivity contribution in [1.82, 2.24) is 10.3 Å². The first-order valence-electron chi connectivity index (χ1n) is 6.87. The van der Waals surface area contributed by atoms with Gasteiger partial charge in [-0.25, -0.2) is 4.98 Å². The molecule has 1 aromatic rings. The van der Waals surface area contributed by atoms with Crippen LogP contribution in [0.15, 0.2) is 0 Å². The normalized spacial score (nSPS) is 19.3. The Hall–Kier alpha value is -0.600. The number of carbonyl (C=O) groups excluding carboxylic acids is 1. The molecule has 1 fully saturated rings. The highest BCUT2D eigenvalue weighted by molar-refractivity contribution is 8.06. The molecule has 118 valence electrons. The summed E-state index contributed by atoms with van der Waals surface area (Å²) in [6.07, 6.45) is 0. The van der Waals surface area contributed by atoms with E-state index < -0.39 is 0 Å². The molecule has 0 saturated carbocycles. The molecule has 1 aliphatic rings. The Morgan fingerprint density at radius 3 is 2.81 bits per heavy atom. The molecule has 0 radical (unpaired) electrons. The lowest BCUT2D eigenvalue weighted by Crippen LogP contribution is -2.33. The number of aromatic nitrogens is 1. The zero-order valence-corrected chi connectivity index (χ0v) is 15.0. The molecular formula is C13H22N4OS3. The number of nitrogens with zero attached hydrogens (tertiary/aromatic N) is 1. The van der Waals surface area contributed by atoms with E-state index in [1.54, 1.807) is 0 Å². The number of anilines is 2. The lowest BCUT2D eigenvalue weighted by Gasteiger charge is -2.20. The third-order valence-corrected chi connectivity index (χ3v) is 6.55.